The second-order valence-electron chi connectivity index (χ2n) is 11.1. The molecule has 1 amide bonds. The maximum atomic E-state index is 13.3. The van der Waals surface area contributed by atoms with Gasteiger partial charge in [-0.15, -0.1) is 0 Å². The van der Waals surface area contributed by atoms with Gasteiger partial charge in [-0.05, 0) is 67.2 Å². The summed E-state index contributed by atoms with van der Waals surface area (Å²) in [5.74, 6) is 0.156. The van der Waals surface area contributed by atoms with Crippen molar-refractivity contribution in [3.05, 3.63) is 50.4 Å². The molecule has 0 atom stereocenters. The van der Waals surface area contributed by atoms with Gasteiger partial charge in [0.05, 0.1) is 16.4 Å². The van der Waals surface area contributed by atoms with Gasteiger partial charge in [-0.2, -0.15) is 14.7 Å². The van der Waals surface area contributed by atoms with E-state index >= 15 is 0 Å². The Labute approximate surface area is 248 Å². The lowest BCUT2D eigenvalue weighted by atomic mass is 10.1. The molecule has 1 aliphatic heterocycles. The number of halogens is 2. The van der Waals surface area contributed by atoms with Crippen molar-refractivity contribution in [1.82, 2.24) is 24.2 Å². The van der Waals surface area contributed by atoms with Crippen LogP contribution < -0.4 is 15.9 Å². The molecule has 3 aromatic rings. The van der Waals surface area contributed by atoms with Gasteiger partial charge >= 0.3 is 6.09 Å². The molecule has 0 bridgehead atoms. The maximum absolute atomic E-state index is 13.3. The number of aromatic nitrogens is 4. The van der Waals surface area contributed by atoms with E-state index in [9.17, 15) is 14.8 Å². The number of carbonyl (C=O) groups excluding carboxylic acids is 1. The van der Waals surface area contributed by atoms with E-state index in [-0.39, 0.29) is 29.1 Å². The van der Waals surface area contributed by atoms with E-state index in [4.69, 9.17) is 4.74 Å². The zero-order valence-electron chi connectivity index (χ0n) is 22.8. The average Bonchev–Trinajstić information content (AvgIpc) is 3.44. The molecule has 1 saturated heterocycles. The SMILES string of the molecule is CC(C)(C)OC(=O)N1CCN(c2cc/c(=N/c3ncc4c(CBr)c(Br)c(=O)n(C5CCCC5)c4n3)n(O)c2)CC1. The molecule has 2 fully saturated rings. The Morgan fingerprint density at radius 3 is 2.50 bits per heavy atom. The number of nitrogens with zero attached hydrogens (tertiary/aromatic N) is 7. The van der Waals surface area contributed by atoms with Crippen molar-refractivity contribution in [2.24, 2.45) is 4.99 Å². The zero-order valence-corrected chi connectivity index (χ0v) is 26.0. The summed E-state index contributed by atoms with van der Waals surface area (Å²) in [5.41, 5.74) is 1.76. The van der Waals surface area contributed by atoms with Crippen LogP contribution in [0.3, 0.4) is 0 Å². The molecule has 0 aromatic carbocycles. The van der Waals surface area contributed by atoms with Gasteiger partial charge in [0.1, 0.15) is 11.2 Å². The molecule has 1 aliphatic carbocycles. The first-order valence-corrected chi connectivity index (χ1v) is 15.3. The van der Waals surface area contributed by atoms with E-state index in [0.717, 1.165) is 47.1 Å². The Kier molecular flexibility index (Phi) is 8.23. The normalized spacial score (nSPS) is 17.2. The number of piperazine rings is 1. The molecule has 0 unspecified atom stereocenters. The first kappa shape index (κ1) is 28.6. The minimum atomic E-state index is -0.536. The van der Waals surface area contributed by atoms with Crippen molar-refractivity contribution in [2.75, 3.05) is 31.1 Å². The summed E-state index contributed by atoms with van der Waals surface area (Å²) in [5, 5.41) is 12.0. The van der Waals surface area contributed by atoms with Crippen LogP contribution in [-0.4, -0.2) is 67.2 Å². The van der Waals surface area contributed by atoms with Crippen LogP contribution >= 0.6 is 31.9 Å². The van der Waals surface area contributed by atoms with Gasteiger partial charge in [0.2, 0.25) is 0 Å². The standard InChI is InChI=1S/C27H33Br2N7O4/c1-27(2,3)40-26(38)34-12-10-33(11-13-34)18-8-9-21(35(39)16-18)31-25-30-15-20-19(14-28)22(29)24(37)36(23(20)32-25)17-6-4-5-7-17/h8-9,15-17,39H,4-7,10-14H2,1-3H3/b31-21-. The Morgan fingerprint density at radius 2 is 1.88 bits per heavy atom. The van der Waals surface area contributed by atoms with E-state index < -0.39 is 5.60 Å². The van der Waals surface area contributed by atoms with Gasteiger partial charge in [0, 0.05) is 49.1 Å². The number of carbonyl (C=O) groups is 1. The van der Waals surface area contributed by atoms with Crippen LogP contribution in [0.1, 0.15) is 58.1 Å². The number of pyridine rings is 2. The number of amides is 1. The number of anilines is 1. The van der Waals surface area contributed by atoms with E-state index in [0.29, 0.717) is 41.6 Å². The summed E-state index contributed by atoms with van der Waals surface area (Å²) in [6, 6.07) is 3.64. The number of hydrogen-bond acceptors (Lipinski definition) is 8. The van der Waals surface area contributed by atoms with Crippen LogP contribution in [0.25, 0.3) is 11.0 Å². The smallest absolute Gasteiger partial charge is 0.410 e. The van der Waals surface area contributed by atoms with Gasteiger partial charge in [-0.3, -0.25) is 9.36 Å². The van der Waals surface area contributed by atoms with Gasteiger partial charge in [-0.1, -0.05) is 28.8 Å². The molecule has 1 saturated carbocycles. The highest BCUT2D eigenvalue weighted by Crippen LogP contribution is 2.33. The number of fused-ring (bicyclic) bond motifs is 1. The van der Waals surface area contributed by atoms with Crippen molar-refractivity contribution in [3.8, 4) is 0 Å². The predicted molar refractivity (Wildman–Crippen MR) is 158 cm³/mol. The van der Waals surface area contributed by atoms with Crippen molar-refractivity contribution in [3.63, 3.8) is 0 Å². The summed E-state index contributed by atoms with van der Waals surface area (Å²) in [6.45, 7) is 7.81. The summed E-state index contributed by atoms with van der Waals surface area (Å²) >= 11 is 6.99. The molecular formula is C27H33Br2N7O4. The lowest BCUT2D eigenvalue weighted by molar-refractivity contribution is 0.0240. The first-order valence-electron chi connectivity index (χ1n) is 13.4. The number of hydrogen-bond donors (Lipinski definition) is 1. The number of ether oxygens (including phenoxy) is 1. The Hall–Kier alpha value is -2.93. The molecule has 214 valence electrons. The molecule has 13 heteroatoms. The lowest BCUT2D eigenvalue weighted by Crippen LogP contribution is -2.50. The second-order valence-corrected chi connectivity index (χ2v) is 12.5. The summed E-state index contributed by atoms with van der Waals surface area (Å²) in [7, 11) is 0. The average molecular weight is 679 g/mol. The molecule has 0 radical (unpaired) electrons. The van der Waals surface area contributed by atoms with Crippen molar-refractivity contribution in [2.45, 2.75) is 63.4 Å². The molecule has 1 N–H and O–H groups in total. The molecular weight excluding hydrogens is 646 g/mol. The summed E-state index contributed by atoms with van der Waals surface area (Å²) in [6.07, 6.45) is 6.95. The van der Waals surface area contributed by atoms with Crippen LogP contribution in [0.4, 0.5) is 16.4 Å². The van der Waals surface area contributed by atoms with Crippen molar-refractivity contribution < 1.29 is 14.7 Å². The second kappa shape index (κ2) is 11.5. The quantitative estimate of drug-likeness (QED) is 0.308. The van der Waals surface area contributed by atoms with E-state index in [1.54, 1.807) is 27.9 Å². The third-order valence-electron chi connectivity index (χ3n) is 7.21. The van der Waals surface area contributed by atoms with Crippen LogP contribution in [-0.2, 0) is 10.1 Å². The van der Waals surface area contributed by atoms with E-state index in [1.165, 1.54) is 0 Å². The van der Waals surface area contributed by atoms with Gasteiger partial charge in [0.15, 0.2) is 5.49 Å². The zero-order chi connectivity index (χ0) is 28.6. The van der Waals surface area contributed by atoms with Gasteiger partial charge < -0.3 is 19.7 Å². The lowest BCUT2D eigenvalue weighted by Gasteiger charge is -2.36. The number of alkyl halides is 1. The van der Waals surface area contributed by atoms with Crippen molar-refractivity contribution in [1.29, 1.82) is 0 Å². The van der Waals surface area contributed by atoms with Crippen LogP contribution in [0.2, 0.25) is 0 Å². The summed E-state index contributed by atoms with van der Waals surface area (Å²) < 4.78 is 8.71. The third-order valence-corrected chi connectivity index (χ3v) is 8.59. The first-order chi connectivity index (χ1) is 19.1. The molecule has 0 spiro atoms. The minimum absolute atomic E-state index is 0.0799. The fourth-order valence-corrected chi connectivity index (χ4v) is 6.72. The van der Waals surface area contributed by atoms with Crippen LogP contribution in [0.5, 0.6) is 0 Å². The van der Waals surface area contributed by atoms with Gasteiger partial charge in [-0.25, -0.2) is 9.78 Å². The fourth-order valence-electron chi connectivity index (χ4n) is 5.22. The van der Waals surface area contributed by atoms with Crippen LogP contribution in [0.15, 0.2) is 38.8 Å². The Balaban J connectivity index is 1.41. The van der Waals surface area contributed by atoms with E-state index in [2.05, 4.69) is 51.7 Å². The monoisotopic (exact) mass is 677 g/mol. The highest BCUT2D eigenvalue weighted by molar-refractivity contribution is 9.10. The highest BCUT2D eigenvalue weighted by atomic mass is 79.9. The Bertz CT molecular complexity index is 1550. The largest absolute Gasteiger partial charge is 0.444 e. The van der Waals surface area contributed by atoms with Crippen LogP contribution in [0, 0.1) is 0 Å². The molecule has 2 aliphatic rings. The summed E-state index contributed by atoms with van der Waals surface area (Å²) in [4.78, 5) is 43.1. The molecule has 40 heavy (non-hydrogen) atoms. The molecule has 5 rings (SSSR count). The topological polar surface area (TPSA) is 118 Å². The molecule has 4 heterocycles. The minimum Gasteiger partial charge on any atom is -0.444 e. The van der Waals surface area contributed by atoms with Crippen molar-refractivity contribution >= 4 is 60.6 Å². The maximum Gasteiger partial charge on any atom is 0.410 e. The fraction of sp³-hybridized carbons (Fsp3) is 0.519. The number of rotatable bonds is 4. The predicted octanol–water partition coefficient (Wildman–Crippen LogP) is 4.89. The Morgan fingerprint density at radius 1 is 1.18 bits per heavy atom. The highest BCUT2D eigenvalue weighted by Gasteiger charge is 2.27. The van der Waals surface area contributed by atoms with E-state index in [1.807, 2.05) is 26.8 Å². The molecule has 11 nitrogen and oxygen atoms in total. The third kappa shape index (κ3) is 5.90. The van der Waals surface area contributed by atoms with Gasteiger partial charge in [0.25, 0.3) is 11.5 Å². The molecule has 3 aromatic heterocycles.